The third-order valence-electron chi connectivity index (χ3n) is 6.64. The number of nitrogens with one attached hydrogen (secondary N) is 1. The summed E-state index contributed by atoms with van der Waals surface area (Å²) in [5.74, 6) is -1.34. The molecule has 2 aromatic rings. The summed E-state index contributed by atoms with van der Waals surface area (Å²) in [4.78, 5) is 19.1. The number of amides is 1. The fourth-order valence-corrected chi connectivity index (χ4v) is 4.90. The van der Waals surface area contributed by atoms with Gasteiger partial charge in [-0.25, -0.2) is 8.42 Å². The Hall–Kier alpha value is -2.50. The van der Waals surface area contributed by atoms with Crippen LogP contribution in [0.5, 0.6) is 0 Å². The molecule has 11 heteroatoms. The minimum Gasteiger partial charge on any atom is -0.394 e. The molecule has 1 fully saturated rings. The zero-order valence-electron chi connectivity index (χ0n) is 22.2. The number of halogens is 3. The van der Waals surface area contributed by atoms with Gasteiger partial charge in [0.25, 0.3) is 5.91 Å². The first kappa shape index (κ1) is 31.7. The lowest BCUT2D eigenvalue weighted by atomic mass is 9.89. The Bertz CT molecular complexity index is 1100. The summed E-state index contributed by atoms with van der Waals surface area (Å²) in [5.41, 5.74) is 1.89. The maximum absolute atomic E-state index is 12.5. The largest absolute Gasteiger partial charge is 0.394 e. The minimum absolute atomic E-state index is 0.0174. The van der Waals surface area contributed by atoms with E-state index in [2.05, 4.69) is 22.1 Å². The van der Waals surface area contributed by atoms with Crippen LogP contribution in [0.25, 0.3) is 0 Å². The van der Waals surface area contributed by atoms with E-state index in [1.165, 1.54) is 18.3 Å². The fraction of sp³-hybridized carbons (Fsp3) is 0.556. The van der Waals surface area contributed by atoms with Gasteiger partial charge in [0.1, 0.15) is 0 Å². The van der Waals surface area contributed by atoms with Crippen LogP contribution in [0.15, 0.2) is 47.5 Å². The number of hydrogen-bond donors (Lipinski definition) is 2. The molecule has 7 nitrogen and oxygen atoms in total. The number of alkyl halides is 3. The van der Waals surface area contributed by atoms with E-state index < -0.39 is 28.0 Å². The zero-order valence-corrected chi connectivity index (χ0v) is 23.0. The van der Waals surface area contributed by atoms with E-state index >= 15 is 0 Å². The number of rotatable bonds is 9. The number of aromatic nitrogens is 1. The van der Waals surface area contributed by atoms with Crippen molar-refractivity contribution in [1.82, 2.24) is 15.2 Å². The molecule has 1 heterocycles. The first-order valence-electron chi connectivity index (χ1n) is 12.9. The molecule has 38 heavy (non-hydrogen) atoms. The lowest BCUT2D eigenvalue weighted by molar-refractivity contribution is -0.181. The molecule has 1 aliphatic rings. The normalized spacial score (nSPS) is 15.5. The molecule has 1 amide bonds. The maximum Gasteiger partial charge on any atom is 0.391 e. The summed E-state index contributed by atoms with van der Waals surface area (Å²) in [6, 6.07) is 9.05. The van der Waals surface area contributed by atoms with Crippen molar-refractivity contribution >= 4 is 15.7 Å². The Morgan fingerprint density at radius 2 is 1.74 bits per heavy atom. The average molecular weight is 558 g/mol. The second-order valence-electron chi connectivity index (χ2n) is 9.43. The quantitative estimate of drug-likeness (QED) is 0.454. The van der Waals surface area contributed by atoms with Crippen LogP contribution in [0, 0.1) is 5.92 Å². The van der Waals surface area contributed by atoms with Crippen LogP contribution >= 0.6 is 0 Å². The van der Waals surface area contributed by atoms with Gasteiger partial charge in [-0.3, -0.25) is 9.78 Å². The van der Waals surface area contributed by atoms with Gasteiger partial charge in [-0.15, -0.1) is 0 Å². The number of sulfone groups is 1. The van der Waals surface area contributed by atoms with Gasteiger partial charge in [-0.1, -0.05) is 45.2 Å². The van der Waals surface area contributed by atoms with Crippen molar-refractivity contribution in [3.63, 3.8) is 0 Å². The van der Waals surface area contributed by atoms with Crippen LogP contribution in [-0.4, -0.2) is 61.4 Å². The van der Waals surface area contributed by atoms with Crippen LogP contribution in [0.3, 0.4) is 0 Å². The molecule has 3 rings (SSSR count). The standard InChI is InChI=1S/C20H27N3O4S.C7H11F3/c1-4-23(3)13-17-9-6-16(12-21-17)20(25)22-19(14-24)15-7-10-18(11-8-15)28(26,27)5-2;8-7(9,10)6-4-2-1-3-5-6/h6-12,19,24H,4-5,13-14H2,1-3H3,(H,22,25);6H,1-5H2. The number of hydrogen-bond acceptors (Lipinski definition) is 6. The minimum atomic E-state index is -3.93. The van der Waals surface area contributed by atoms with E-state index in [0.29, 0.717) is 30.5 Å². The summed E-state index contributed by atoms with van der Waals surface area (Å²) >= 11 is 0. The van der Waals surface area contributed by atoms with Crippen molar-refractivity contribution in [3.05, 3.63) is 59.4 Å². The number of carbonyl (C=O) groups is 1. The predicted molar refractivity (Wildman–Crippen MR) is 140 cm³/mol. The molecule has 1 aromatic carbocycles. The number of nitrogens with zero attached hydrogens (tertiary/aromatic N) is 2. The summed E-state index contributed by atoms with van der Waals surface area (Å²) < 4.78 is 59.6. The van der Waals surface area contributed by atoms with E-state index in [0.717, 1.165) is 31.5 Å². The smallest absolute Gasteiger partial charge is 0.391 e. The Labute approximate surface area is 223 Å². The van der Waals surface area contributed by atoms with Gasteiger partial charge < -0.3 is 15.3 Å². The number of benzene rings is 1. The highest BCUT2D eigenvalue weighted by Gasteiger charge is 2.39. The van der Waals surface area contributed by atoms with E-state index in [1.54, 1.807) is 31.2 Å². The number of carbonyl (C=O) groups excluding carboxylic acids is 1. The highest BCUT2D eigenvalue weighted by molar-refractivity contribution is 7.91. The third kappa shape index (κ3) is 9.67. The lowest BCUT2D eigenvalue weighted by Crippen LogP contribution is -2.31. The van der Waals surface area contributed by atoms with Crippen LogP contribution in [-0.2, 0) is 16.4 Å². The molecule has 1 aliphatic carbocycles. The van der Waals surface area contributed by atoms with E-state index in [1.807, 2.05) is 7.05 Å². The Balaban J connectivity index is 0.000000423. The van der Waals surface area contributed by atoms with E-state index in [9.17, 15) is 31.5 Å². The summed E-state index contributed by atoms with van der Waals surface area (Å²) in [6.07, 6.45) is 0.772. The van der Waals surface area contributed by atoms with E-state index in [-0.39, 0.29) is 23.2 Å². The maximum atomic E-state index is 12.5. The second kappa shape index (κ2) is 14.6. The highest BCUT2D eigenvalue weighted by atomic mass is 32.2. The van der Waals surface area contributed by atoms with Gasteiger partial charge in [0.15, 0.2) is 9.84 Å². The number of aliphatic hydroxyl groups is 1. The van der Waals surface area contributed by atoms with Gasteiger partial charge in [0.2, 0.25) is 0 Å². The predicted octanol–water partition coefficient (Wildman–Crippen LogP) is 4.92. The molecule has 0 aliphatic heterocycles. The van der Waals surface area contributed by atoms with Gasteiger partial charge in [-0.2, -0.15) is 13.2 Å². The topological polar surface area (TPSA) is 99.6 Å². The van der Waals surface area contributed by atoms with Crippen molar-refractivity contribution < 1.29 is 31.5 Å². The molecule has 212 valence electrons. The van der Waals surface area contributed by atoms with Gasteiger partial charge >= 0.3 is 6.18 Å². The van der Waals surface area contributed by atoms with Crippen molar-refractivity contribution in [1.29, 1.82) is 0 Å². The van der Waals surface area contributed by atoms with Crippen LogP contribution in [0.4, 0.5) is 13.2 Å². The van der Waals surface area contributed by atoms with Gasteiger partial charge in [-0.05, 0) is 56.3 Å². The molecule has 0 bridgehead atoms. The molecule has 1 unspecified atom stereocenters. The highest BCUT2D eigenvalue weighted by Crippen LogP contribution is 2.37. The number of aliphatic hydroxyl groups excluding tert-OH is 1. The summed E-state index contributed by atoms with van der Waals surface area (Å²) in [7, 11) is -1.30. The molecule has 1 saturated carbocycles. The molecule has 2 N–H and O–H groups in total. The van der Waals surface area contributed by atoms with Crippen LogP contribution in [0.1, 0.15) is 73.6 Å². The second-order valence-corrected chi connectivity index (χ2v) is 11.7. The van der Waals surface area contributed by atoms with E-state index in [4.69, 9.17) is 0 Å². The zero-order chi connectivity index (χ0) is 28.3. The summed E-state index contributed by atoms with van der Waals surface area (Å²) in [5, 5.41) is 12.4. The van der Waals surface area contributed by atoms with Gasteiger partial charge in [0.05, 0.1) is 40.5 Å². The van der Waals surface area contributed by atoms with Crippen molar-refractivity contribution in [3.8, 4) is 0 Å². The SMILES string of the molecule is CCN(C)Cc1ccc(C(=O)NC(CO)c2ccc(S(=O)(=O)CC)cc2)cn1.FC(F)(F)C1CCCCC1. The molecular formula is C27H38F3N3O4S. The molecule has 0 radical (unpaired) electrons. The van der Waals surface area contributed by atoms with Crippen molar-refractivity contribution in [2.75, 3.05) is 26.0 Å². The molecule has 1 aromatic heterocycles. The third-order valence-corrected chi connectivity index (χ3v) is 8.39. The Kier molecular flexibility index (Phi) is 12.2. The molecule has 1 atom stereocenters. The first-order valence-corrected chi connectivity index (χ1v) is 14.5. The fourth-order valence-electron chi connectivity index (χ4n) is 4.02. The van der Waals surface area contributed by atoms with Crippen molar-refractivity contribution in [2.45, 2.75) is 69.6 Å². The number of pyridine rings is 1. The average Bonchev–Trinajstić information content (AvgIpc) is 2.92. The Morgan fingerprint density at radius 1 is 1.11 bits per heavy atom. The van der Waals surface area contributed by atoms with Crippen LogP contribution < -0.4 is 5.32 Å². The van der Waals surface area contributed by atoms with Crippen LogP contribution in [0.2, 0.25) is 0 Å². The molecule has 0 spiro atoms. The Morgan fingerprint density at radius 3 is 2.18 bits per heavy atom. The monoisotopic (exact) mass is 557 g/mol. The first-order chi connectivity index (χ1) is 17.9. The van der Waals surface area contributed by atoms with Crippen molar-refractivity contribution in [2.24, 2.45) is 5.92 Å². The molecule has 0 saturated heterocycles. The summed E-state index contributed by atoms with van der Waals surface area (Å²) in [6.45, 7) is 4.93. The molecular weight excluding hydrogens is 519 g/mol. The lowest BCUT2D eigenvalue weighted by Gasteiger charge is -2.23. The van der Waals surface area contributed by atoms with Gasteiger partial charge in [0, 0.05) is 12.7 Å².